The highest BCUT2D eigenvalue weighted by Gasteiger charge is 2.27. The third-order valence-corrected chi connectivity index (χ3v) is 6.80. The highest BCUT2D eigenvalue weighted by atomic mass is 32.2. The van der Waals surface area contributed by atoms with E-state index in [-0.39, 0.29) is 0 Å². The highest BCUT2D eigenvalue weighted by molar-refractivity contribution is 8.00. The Hall–Kier alpha value is -0.790. The van der Waals surface area contributed by atoms with Gasteiger partial charge in [-0.15, -0.1) is 11.3 Å². The van der Waals surface area contributed by atoms with Gasteiger partial charge in [-0.25, -0.2) is 4.98 Å². The van der Waals surface area contributed by atoms with E-state index in [9.17, 15) is 0 Å². The molecule has 134 valence electrons. The van der Waals surface area contributed by atoms with Gasteiger partial charge in [0, 0.05) is 50.6 Å². The third-order valence-electron chi connectivity index (χ3n) is 4.75. The number of thioether (sulfide) groups is 1. The van der Waals surface area contributed by atoms with Crippen molar-refractivity contribution in [2.45, 2.75) is 30.0 Å². The molecule has 1 N–H and O–H groups in total. The number of thiazole rings is 1. The van der Waals surface area contributed by atoms with E-state index in [4.69, 9.17) is 0 Å². The lowest BCUT2D eigenvalue weighted by atomic mass is 10.1. The SMILES string of the molecule is CN=C(NCCCSc1nccs1)N1CCC(CN2CCCC2)C1. The van der Waals surface area contributed by atoms with Gasteiger partial charge in [0.25, 0.3) is 0 Å². The predicted molar refractivity (Wildman–Crippen MR) is 104 cm³/mol. The normalized spacial score (nSPS) is 22.5. The fourth-order valence-corrected chi connectivity index (χ4v) is 5.20. The molecule has 1 unspecified atom stereocenters. The fourth-order valence-electron chi connectivity index (χ4n) is 3.55. The van der Waals surface area contributed by atoms with Crippen LogP contribution in [0.5, 0.6) is 0 Å². The molecule has 0 aromatic carbocycles. The first kappa shape index (κ1) is 18.0. The summed E-state index contributed by atoms with van der Waals surface area (Å²) in [4.78, 5) is 13.9. The first-order chi connectivity index (χ1) is 11.8. The van der Waals surface area contributed by atoms with Crippen molar-refractivity contribution in [2.24, 2.45) is 10.9 Å². The van der Waals surface area contributed by atoms with Crippen LogP contribution in [0.25, 0.3) is 0 Å². The molecule has 0 aliphatic carbocycles. The van der Waals surface area contributed by atoms with Crippen LogP contribution in [-0.2, 0) is 0 Å². The Kier molecular flexibility index (Phi) is 7.23. The van der Waals surface area contributed by atoms with Crippen LogP contribution >= 0.6 is 23.1 Å². The predicted octanol–water partition coefficient (Wildman–Crippen LogP) is 2.62. The van der Waals surface area contributed by atoms with E-state index in [0.717, 1.165) is 43.7 Å². The molecule has 3 heterocycles. The maximum absolute atomic E-state index is 4.48. The molecular formula is C17H29N5S2. The molecule has 0 radical (unpaired) electrons. The molecule has 1 aromatic rings. The number of nitrogens with zero attached hydrogens (tertiary/aromatic N) is 4. The van der Waals surface area contributed by atoms with Crippen LogP contribution in [0, 0.1) is 5.92 Å². The Morgan fingerprint density at radius 2 is 2.29 bits per heavy atom. The average Bonchev–Trinajstić information content (AvgIpc) is 3.34. The van der Waals surface area contributed by atoms with Crippen molar-refractivity contribution in [3.8, 4) is 0 Å². The van der Waals surface area contributed by atoms with E-state index in [1.807, 2.05) is 30.4 Å². The molecule has 2 fully saturated rings. The van der Waals surface area contributed by atoms with Gasteiger partial charge in [-0.1, -0.05) is 11.8 Å². The zero-order chi connectivity index (χ0) is 16.6. The fraction of sp³-hybridized carbons (Fsp3) is 0.765. The maximum atomic E-state index is 4.48. The number of likely N-dealkylation sites (tertiary alicyclic amines) is 2. The lowest BCUT2D eigenvalue weighted by Gasteiger charge is -2.23. The maximum Gasteiger partial charge on any atom is 0.193 e. The Morgan fingerprint density at radius 3 is 3.04 bits per heavy atom. The molecular weight excluding hydrogens is 338 g/mol. The van der Waals surface area contributed by atoms with Crippen LogP contribution in [0.4, 0.5) is 0 Å². The largest absolute Gasteiger partial charge is 0.356 e. The standard InChI is InChI=1S/C17H29N5S2/c1-18-16(19-6-4-11-23-17-20-7-12-24-17)22-10-5-15(14-22)13-21-8-2-3-9-21/h7,12,15H,2-6,8-11,13-14H2,1H3,(H,18,19). The van der Waals surface area contributed by atoms with E-state index in [0.29, 0.717) is 0 Å². The van der Waals surface area contributed by atoms with Gasteiger partial charge in [-0.3, -0.25) is 4.99 Å². The van der Waals surface area contributed by atoms with Gasteiger partial charge in [0.05, 0.1) is 0 Å². The van der Waals surface area contributed by atoms with Gasteiger partial charge >= 0.3 is 0 Å². The monoisotopic (exact) mass is 367 g/mol. The van der Waals surface area contributed by atoms with Crippen molar-refractivity contribution in [1.29, 1.82) is 0 Å². The Balaban J connectivity index is 1.32. The van der Waals surface area contributed by atoms with Gasteiger partial charge in [0.2, 0.25) is 0 Å². The number of hydrogen-bond acceptors (Lipinski definition) is 5. The molecule has 0 spiro atoms. The minimum absolute atomic E-state index is 0.808. The topological polar surface area (TPSA) is 43.8 Å². The Morgan fingerprint density at radius 1 is 1.42 bits per heavy atom. The second kappa shape index (κ2) is 9.63. The summed E-state index contributed by atoms with van der Waals surface area (Å²) in [6.45, 7) is 7.17. The molecule has 2 saturated heterocycles. The van der Waals surface area contributed by atoms with Gasteiger partial charge in [-0.05, 0) is 44.7 Å². The molecule has 3 rings (SSSR count). The van der Waals surface area contributed by atoms with Crippen molar-refractivity contribution in [3.05, 3.63) is 11.6 Å². The van der Waals surface area contributed by atoms with Crippen LogP contribution < -0.4 is 5.32 Å². The van der Waals surface area contributed by atoms with Crippen LogP contribution in [-0.4, -0.2) is 72.8 Å². The molecule has 2 aliphatic rings. The van der Waals surface area contributed by atoms with Crippen molar-refractivity contribution >= 4 is 29.1 Å². The van der Waals surface area contributed by atoms with Gasteiger partial charge in [0.1, 0.15) is 4.34 Å². The molecule has 7 heteroatoms. The lowest BCUT2D eigenvalue weighted by molar-refractivity contribution is 0.281. The number of hydrogen-bond donors (Lipinski definition) is 1. The summed E-state index contributed by atoms with van der Waals surface area (Å²) in [5.41, 5.74) is 0. The summed E-state index contributed by atoms with van der Waals surface area (Å²) >= 11 is 3.57. The van der Waals surface area contributed by atoms with E-state index in [2.05, 4.69) is 25.1 Å². The smallest absolute Gasteiger partial charge is 0.193 e. The first-order valence-corrected chi connectivity index (χ1v) is 10.9. The highest BCUT2D eigenvalue weighted by Crippen LogP contribution is 2.21. The van der Waals surface area contributed by atoms with Gasteiger partial charge in [0.15, 0.2) is 5.96 Å². The molecule has 1 atom stereocenters. The second-order valence-corrected chi connectivity index (χ2v) is 8.82. The van der Waals surface area contributed by atoms with Crippen LogP contribution in [0.3, 0.4) is 0 Å². The number of aromatic nitrogens is 1. The Labute approximate surface area is 153 Å². The summed E-state index contributed by atoms with van der Waals surface area (Å²) in [7, 11) is 1.90. The number of nitrogens with one attached hydrogen (secondary N) is 1. The zero-order valence-corrected chi connectivity index (χ0v) is 16.2. The summed E-state index contributed by atoms with van der Waals surface area (Å²) in [6.07, 6.45) is 7.09. The summed E-state index contributed by atoms with van der Waals surface area (Å²) in [5, 5.41) is 5.57. The summed E-state index contributed by atoms with van der Waals surface area (Å²) in [5.74, 6) is 3.00. The van der Waals surface area contributed by atoms with E-state index < -0.39 is 0 Å². The van der Waals surface area contributed by atoms with Crippen molar-refractivity contribution in [1.82, 2.24) is 20.1 Å². The van der Waals surface area contributed by atoms with Crippen LogP contribution in [0.1, 0.15) is 25.7 Å². The Bertz CT molecular complexity index is 499. The third kappa shape index (κ3) is 5.36. The molecule has 0 amide bonds. The van der Waals surface area contributed by atoms with Crippen molar-refractivity contribution < 1.29 is 0 Å². The minimum atomic E-state index is 0.808. The first-order valence-electron chi connectivity index (χ1n) is 9.05. The summed E-state index contributed by atoms with van der Waals surface area (Å²) in [6, 6.07) is 0. The molecule has 5 nitrogen and oxygen atoms in total. The molecule has 2 aliphatic heterocycles. The van der Waals surface area contributed by atoms with Crippen LogP contribution in [0.2, 0.25) is 0 Å². The molecule has 24 heavy (non-hydrogen) atoms. The summed E-state index contributed by atoms with van der Waals surface area (Å²) < 4.78 is 1.17. The number of aliphatic imine (C=N–C) groups is 1. The quantitative estimate of drug-likeness (QED) is 0.347. The molecule has 0 bridgehead atoms. The van der Waals surface area contributed by atoms with E-state index >= 15 is 0 Å². The number of guanidine groups is 1. The average molecular weight is 368 g/mol. The van der Waals surface area contributed by atoms with Crippen molar-refractivity contribution in [2.75, 3.05) is 52.1 Å². The molecule has 0 saturated carbocycles. The van der Waals surface area contributed by atoms with E-state index in [1.165, 1.54) is 43.2 Å². The molecule has 1 aromatic heterocycles. The van der Waals surface area contributed by atoms with Gasteiger partial charge < -0.3 is 15.1 Å². The van der Waals surface area contributed by atoms with E-state index in [1.54, 1.807) is 11.3 Å². The van der Waals surface area contributed by atoms with Crippen LogP contribution in [0.15, 0.2) is 20.9 Å². The van der Waals surface area contributed by atoms with Crippen molar-refractivity contribution in [3.63, 3.8) is 0 Å². The second-order valence-electron chi connectivity index (χ2n) is 6.58. The van der Waals surface area contributed by atoms with Gasteiger partial charge in [-0.2, -0.15) is 0 Å². The lowest BCUT2D eigenvalue weighted by Crippen LogP contribution is -2.41. The zero-order valence-electron chi connectivity index (χ0n) is 14.6. The minimum Gasteiger partial charge on any atom is -0.356 e. The number of rotatable bonds is 7.